The first-order valence-corrected chi connectivity index (χ1v) is 4.09. The molecule has 0 amide bonds. The zero-order valence-corrected chi connectivity index (χ0v) is 6.31. The van der Waals surface area contributed by atoms with Crippen LogP contribution in [0.2, 0.25) is 0 Å². The van der Waals surface area contributed by atoms with Crippen LogP contribution in [0, 0.1) is 0 Å². The Balaban J connectivity index is 0. The van der Waals surface area contributed by atoms with E-state index in [9.17, 15) is 8.42 Å². The Morgan fingerprint density at radius 1 is 1.50 bits per heavy atom. The van der Waals surface area contributed by atoms with Crippen LogP contribution in [0.5, 0.6) is 0 Å². The molecule has 0 N–H and O–H groups in total. The summed E-state index contributed by atoms with van der Waals surface area (Å²) in [6.07, 6.45) is 3.19. The molecule has 0 fully saturated rings. The van der Waals surface area contributed by atoms with Gasteiger partial charge >= 0.3 is 29.6 Å². The minimum absolute atomic E-state index is 0. The van der Waals surface area contributed by atoms with Crippen molar-refractivity contribution < 1.29 is 12.6 Å². The predicted octanol–water partition coefficient (Wildman–Crippen LogP) is -0.110. The predicted molar refractivity (Wildman–Crippen MR) is 42.8 cm³/mol. The van der Waals surface area contributed by atoms with Crippen LogP contribution in [-0.4, -0.2) is 50.8 Å². The second kappa shape index (κ2) is 6.37. The summed E-state index contributed by atoms with van der Waals surface area (Å²) >= 11 is 0. The quantitative estimate of drug-likeness (QED) is 0.340. The van der Waals surface area contributed by atoms with Gasteiger partial charge in [-0.1, -0.05) is 12.2 Å². The van der Waals surface area contributed by atoms with Gasteiger partial charge in [0, 0.05) is 0 Å². The average molecular weight is 174 g/mol. The first-order valence-electron chi connectivity index (χ1n) is 2.52. The zero-order chi connectivity index (χ0) is 7.33. The van der Waals surface area contributed by atoms with Crippen LogP contribution in [0.3, 0.4) is 0 Å². The van der Waals surface area contributed by atoms with E-state index in [0.29, 0.717) is 0 Å². The summed E-state index contributed by atoms with van der Waals surface area (Å²) < 4.78 is 25.1. The Bertz CT molecular complexity index is 183. The normalized spacial score (nSPS) is 11.4. The third-order valence-corrected chi connectivity index (χ3v) is 1.90. The van der Waals surface area contributed by atoms with Crippen molar-refractivity contribution in [3.63, 3.8) is 0 Å². The molecule has 0 spiro atoms. The molecule has 0 unspecified atom stereocenters. The molecule has 10 heavy (non-hydrogen) atoms. The first kappa shape index (κ1) is 13.3. The third-order valence-electron chi connectivity index (χ3n) is 0.790. The summed E-state index contributed by atoms with van der Waals surface area (Å²) in [4.78, 5) is 0. The summed E-state index contributed by atoms with van der Waals surface area (Å²) in [5, 5.41) is 0. The minimum atomic E-state index is -3.27. The molecule has 0 aromatic heterocycles. The van der Waals surface area contributed by atoms with E-state index in [1.165, 1.54) is 6.08 Å². The van der Waals surface area contributed by atoms with Gasteiger partial charge in [0.1, 0.15) is 0 Å². The fourth-order valence-electron chi connectivity index (χ4n) is 0.282. The number of hydrogen-bond donors (Lipinski definition) is 0. The Morgan fingerprint density at radius 3 is 2.30 bits per heavy atom. The molecule has 0 aliphatic rings. The molecule has 5 heteroatoms. The van der Waals surface area contributed by atoms with Crippen molar-refractivity contribution >= 4 is 39.7 Å². The molecule has 56 valence electrons. The van der Waals surface area contributed by atoms with Crippen molar-refractivity contribution in [2.75, 3.05) is 12.9 Å². The van der Waals surface area contributed by atoms with Gasteiger partial charge in [-0.2, -0.15) is 8.42 Å². The third kappa shape index (κ3) is 6.77. The molecule has 0 aliphatic carbocycles. The van der Waals surface area contributed by atoms with Crippen LogP contribution in [-0.2, 0) is 14.3 Å². The van der Waals surface area contributed by atoms with Crippen molar-refractivity contribution in [1.82, 2.24) is 0 Å². The molecule has 0 heterocycles. The van der Waals surface area contributed by atoms with Crippen LogP contribution < -0.4 is 0 Å². The first-order chi connectivity index (χ1) is 4.12. The monoisotopic (exact) mass is 174 g/mol. The summed E-state index contributed by atoms with van der Waals surface area (Å²) in [6, 6.07) is 0. The molecule has 0 atom stereocenters. The molecule has 0 aliphatic heterocycles. The van der Waals surface area contributed by atoms with Gasteiger partial charge < -0.3 is 0 Å². The molecule has 3 nitrogen and oxygen atoms in total. The van der Waals surface area contributed by atoms with E-state index in [1.54, 1.807) is 13.0 Å². The van der Waals surface area contributed by atoms with Gasteiger partial charge in [-0.3, -0.25) is 4.18 Å². The Hall–Kier alpha value is 0.650. The van der Waals surface area contributed by atoms with Crippen LogP contribution in [0.1, 0.15) is 6.92 Å². The molecular formula is C5H11NaO3S. The van der Waals surface area contributed by atoms with E-state index in [2.05, 4.69) is 4.18 Å². The van der Waals surface area contributed by atoms with Crippen molar-refractivity contribution in [3.05, 3.63) is 12.2 Å². The Morgan fingerprint density at radius 2 is 2.00 bits per heavy atom. The molecule has 0 bridgehead atoms. The van der Waals surface area contributed by atoms with E-state index >= 15 is 0 Å². The summed E-state index contributed by atoms with van der Waals surface area (Å²) in [5.41, 5.74) is 0. The fraction of sp³-hybridized carbons (Fsp3) is 0.600. The zero-order valence-electron chi connectivity index (χ0n) is 5.49. The Kier molecular flexibility index (Phi) is 8.44. The van der Waals surface area contributed by atoms with Crippen LogP contribution in [0.4, 0.5) is 0 Å². The second-order valence-corrected chi connectivity index (χ2v) is 3.24. The van der Waals surface area contributed by atoms with Crippen LogP contribution in [0.25, 0.3) is 0 Å². The summed E-state index contributed by atoms with van der Waals surface area (Å²) in [6.45, 7) is 1.76. The van der Waals surface area contributed by atoms with Gasteiger partial charge in [0.15, 0.2) is 0 Å². The standard InChI is InChI=1S/C5H10O3S.Na.H/c1-3-4-5-9(6,7)8-2;;/h3-4H,5H2,1-2H3;;. The van der Waals surface area contributed by atoms with E-state index in [4.69, 9.17) is 0 Å². The molecule has 0 saturated carbocycles. The SMILES string of the molecule is CC=CCS(=O)(=O)OC.[NaH]. The molecule has 0 aromatic rings. The van der Waals surface area contributed by atoms with Gasteiger partial charge in [0.05, 0.1) is 12.9 Å². The fourth-order valence-corrected chi connectivity index (χ4v) is 0.846. The molecular weight excluding hydrogens is 163 g/mol. The average Bonchev–Trinajstić information content (AvgIpc) is 1.84. The van der Waals surface area contributed by atoms with Gasteiger partial charge in [-0.05, 0) is 6.92 Å². The molecule has 0 saturated heterocycles. The van der Waals surface area contributed by atoms with Crippen molar-refractivity contribution in [2.24, 2.45) is 0 Å². The molecule has 0 aromatic carbocycles. The van der Waals surface area contributed by atoms with Crippen molar-refractivity contribution in [3.8, 4) is 0 Å². The van der Waals surface area contributed by atoms with E-state index in [-0.39, 0.29) is 35.3 Å². The molecule has 0 radical (unpaired) electrons. The maximum absolute atomic E-state index is 10.5. The van der Waals surface area contributed by atoms with E-state index in [1.807, 2.05) is 0 Å². The maximum atomic E-state index is 10.5. The van der Waals surface area contributed by atoms with Gasteiger partial charge in [-0.25, -0.2) is 0 Å². The number of rotatable bonds is 3. The van der Waals surface area contributed by atoms with Crippen LogP contribution in [0.15, 0.2) is 12.2 Å². The Labute approximate surface area is 83.9 Å². The second-order valence-electron chi connectivity index (χ2n) is 1.46. The topological polar surface area (TPSA) is 43.4 Å². The number of allylic oxidation sites excluding steroid dienone is 1. The summed E-state index contributed by atoms with van der Waals surface area (Å²) in [7, 11) is -2.12. The van der Waals surface area contributed by atoms with Crippen molar-refractivity contribution in [2.45, 2.75) is 6.92 Å². The van der Waals surface area contributed by atoms with Crippen LogP contribution >= 0.6 is 0 Å². The van der Waals surface area contributed by atoms with E-state index < -0.39 is 10.1 Å². The van der Waals surface area contributed by atoms with E-state index in [0.717, 1.165) is 7.11 Å². The summed E-state index contributed by atoms with van der Waals surface area (Å²) in [5.74, 6) is -0.0417. The van der Waals surface area contributed by atoms with Gasteiger partial charge in [0.2, 0.25) is 0 Å². The van der Waals surface area contributed by atoms with Crippen molar-refractivity contribution in [1.29, 1.82) is 0 Å². The van der Waals surface area contributed by atoms with Gasteiger partial charge in [-0.15, -0.1) is 0 Å². The number of hydrogen-bond acceptors (Lipinski definition) is 3. The van der Waals surface area contributed by atoms with Gasteiger partial charge in [0.25, 0.3) is 10.1 Å². The molecule has 0 rings (SSSR count).